The molecule has 0 aliphatic rings. The zero-order valence-corrected chi connectivity index (χ0v) is 18.2. The normalized spacial score (nSPS) is 11.2. The lowest BCUT2D eigenvalue weighted by molar-refractivity contribution is 0.837. The van der Waals surface area contributed by atoms with E-state index in [9.17, 15) is 0 Å². The molecule has 3 rings (SSSR count). The molecule has 0 amide bonds. The summed E-state index contributed by atoms with van der Waals surface area (Å²) in [4.78, 5) is 13.8. The van der Waals surface area contributed by atoms with Crippen LogP contribution in [0.25, 0.3) is 0 Å². The van der Waals surface area contributed by atoms with Gasteiger partial charge in [-0.25, -0.2) is 4.98 Å². The highest BCUT2D eigenvalue weighted by atomic mass is 15.1. The fraction of sp³-hybridized carbons (Fsp3) is 0.375. The molecule has 0 aliphatic heterocycles. The Balaban J connectivity index is 1.94. The summed E-state index contributed by atoms with van der Waals surface area (Å²) in [6.07, 6.45) is 1.79. The van der Waals surface area contributed by atoms with E-state index in [4.69, 9.17) is 4.98 Å². The van der Waals surface area contributed by atoms with Gasteiger partial charge in [0.15, 0.2) is 0 Å². The third-order valence-corrected chi connectivity index (χ3v) is 5.16. The lowest BCUT2D eigenvalue weighted by Crippen LogP contribution is -2.11. The van der Waals surface area contributed by atoms with Crippen LogP contribution in [0.4, 0.5) is 17.5 Å². The lowest BCUT2D eigenvalue weighted by Gasteiger charge is -2.22. The molecule has 2 N–H and O–H groups in total. The Bertz CT molecular complexity index is 938. The number of nitrogens with one attached hydrogen (secondary N) is 2. The second kappa shape index (κ2) is 9.03. The molecule has 29 heavy (non-hydrogen) atoms. The molecular formula is C24H31N5. The van der Waals surface area contributed by atoms with Crippen molar-refractivity contribution in [2.45, 2.75) is 59.9 Å². The number of para-hydroxylation sites is 1. The van der Waals surface area contributed by atoms with Crippen molar-refractivity contribution >= 4 is 17.5 Å². The number of aryl methyl sites for hydroxylation is 1. The van der Waals surface area contributed by atoms with E-state index in [1.165, 1.54) is 11.1 Å². The predicted octanol–water partition coefficient (Wildman–Crippen LogP) is 6.09. The number of pyridine rings is 1. The van der Waals surface area contributed by atoms with Crippen LogP contribution in [0.2, 0.25) is 0 Å². The molecule has 0 fully saturated rings. The molecule has 2 aromatic heterocycles. The van der Waals surface area contributed by atoms with Gasteiger partial charge in [-0.3, -0.25) is 4.98 Å². The zero-order valence-electron chi connectivity index (χ0n) is 18.2. The van der Waals surface area contributed by atoms with Crippen LogP contribution >= 0.6 is 0 Å². The summed E-state index contributed by atoms with van der Waals surface area (Å²) in [6.45, 7) is 13.6. The Kier molecular flexibility index (Phi) is 6.47. The first-order valence-electron chi connectivity index (χ1n) is 10.3. The summed E-state index contributed by atoms with van der Waals surface area (Å²) in [7, 11) is 0. The van der Waals surface area contributed by atoms with Crippen molar-refractivity contribution in [1.29, 1.82) is 0 Å². The van der Waals surface area contributed by atoms with Crippen molar-refractivity contribution in [3.8, 4) is 0 Å². The molecule has 2 heterocycles. The van der Waals surface area contributed by atoms with Gasteiger partial charge in [0.25, 0.3) is 0 Å². The first-order chi connectivity index (χ1) is 13.9. The average Bonchev–Trinajstić information content (AvgIpc) is 2.70. The fourth-order valence-corrected chi connectivity index (χ4v) is 3.32. The lowest BCUT2D eigenvalue weighted by atomic mass is 9.92. The number of rotatable bonds is 7. The van der Waals surface area contributed by atoms with Crippen LogP contribution in [0.5, 0.6) is 0 Å². The topological polar surface area (TPSA) is 62.7 Å². The number of aromatic nitrogens is 3. The van der Waals surface area contributed by atoms with Crippen LogP contribution in [0.3, 0.4) is 0 Å². The number of hydrogen-bond donors (Lipinski definition) is 2. The summed E-state index contributed by atoms with van der Waals surface area (Å²) in [5.41, 5.74) is 6.73. The first-order valence-corrected chi connectivity index (χ1v) is 10.3. The second-order valence-electron chi connectivity index (χ2n) is 8.03. The molecule has 0 aliphatic carbocycles. The van der Waals surface area contributed by atoms with Gasteiger partial charge in [0.1, 0.15) is 5.82 Å². The van der Waals surface area contributed by atoms with Gasteiger partial charge >= 0.3 is 0 Å². The zero-order chi connectivity index (χ0) is 21.0. The van der Waals surface area contributed by atoms with Crippen LogP contribution in [0.1, 0.15) is 67.6 Å². The first kappa shape index (κ1) is 20.8. The van der Waals surface area contributed by atoms with Crippen molar-refractivity contribution in [2.24, 2.45) is 0 Å². The van der Waals surface area contributed by atoms with Gasteiger partial charge in [-0.2, -0.15) is 4.98 Å². The number of nitrogens with zero attached hydrogens (tertiary/aromatic N) is 3. The van der Waals surface area contributed by atoms with Crippen LogP contribution in [0, 0.1) is 13.8 Å². The van der Waals surface area contributed by atoms with E-state index >= 15 is 0 Å². The number of hydrogen-bond acceptors (Lipinski definition) is 5. The summed E-state index contributed by atoms with van der Waals surface area (Å²) >= 11 is 0. The standard InChI is InChI=1S/C24H31N5/c1-15(2)20-11-9-12-21(16(3)4)22(20)28-23-17(5)18(6)27-24(29-23)26-14-19-10-7-8-13-25-19/h7-13,15-16H,14H2,1-6H3,(H2,26,27,28,29). The van der Waals surface area contributed by atoms with Crippen LogP contribution < -0.4 is 10.6 Å². The van der Waals surface area contributed by atoms with Crippen molar-refractivity contribution in [1.82, 2.24) is 15.0 Å². The Hall–Kier alpha value is -2.95. The van der Waals surface area contributed by atoms with E-state index < -0.39 is 0 Å². The highest BCUT2D eigenvalue weighted by Gasteiger charge is 2.16. The van der Waals surface area contributed by atoms with Crippen molar-refractivity contribution < 1.29 is 0 Å². The molecule has 0 radical (unpaired) electrons. The Morgan fingerprint density at radius 2 is 1.55 bits per heavy atom. The Labute approximate surface area is 174 Å². The van der Waals surface area contributed by atoms with Gasteiger partial charge in [0.05, 0.1) is 12.2 Å². The molecule has 0 saturated heterocycles. The maximum Gasteiger partial charge on any atom is 0.225 e. The maximum atomic E-state index is 4.78. The van der Waals surface area contributed by atoms with E-state index in [2.05, 4.69) is 73.4 Å². The largest absolute Gasteiger partial charge is 0.349 e. The number of anilines is 3. The summed E-state index contributed by atoms with van der Waals surface area (Å²) in [6, 6.07) is 12.4. The maximum absolute atomic E-state index is 4.78. The highest BCUT2D eigenvalue weighted by Crippen LogP contribution is 2.35. The SMILES string of the molecule is Cc1nc(NCc2ccccn2)nc(Nc2c(C(C)C)cccc2C(C)C)c1C. The quantitative estimate of drug-likeness (QED) is 0.512. The molecule has 3 aromatic rings. The van der Waals surface area contributed by atoms with Gasteiger partial charge in [0.2, 0.25) is 5.95 Å². The Morgan fingerprint density at radius 1 is 0.862 bits per heavy atom. The minimum Gasteiger partial charge on any atom is -0.349 e. The molecule has 0 saturated carbocycles. The molecule has 0 atom stereocenters. The van der Waals surface area contributed by atoms with E-state index in [1.54, 1.807) is 6.20 Å². The van der Waals surface area contributed by atoms with Gasteiger partial charge in [-0.05, 0) is 48.9 Å². The fourth-order valence-electron chi connectivity index (χ4n) is 3.32. The minimum atomic E-state index is 0.418. The summed E-state index contributed by atoms with van der Waals surface area (Å²) < 4.78 is 0. The molecule has 1 aromatic carbocycles. The molecule has 5 heteroatoms. The van der Waals surface area contributed by atoms with E-state index in [1.807, 2.05) is 25.1 Å². The molecule has 0 unspecified atom stereocenters. The van der Waals surface area contributed by atoms with Crippen molar-refractivity contribution in [2.75, 3.05) is 10.6 Å². The van der Waals surface area contributed by atoms with Crippen molar-refractivity contribution in [3.05, 3.63) is 70.7 Å². The number of benzene rings is 1. The summed E-state index contributed by atoms with van der Waals surface area (Å²) in [5, 5.41) is 6.95. The van der Waals surface area contributed by atoms with Crippen LogP contribution in [-0.2, 0) is 6.54 Å². The van der Waals surface area contributed by atoms with Crippen LogP contribution in [0.15, 0.2) is 42.6 Å². The average molecular weight is 390 g/mol. The van der Waals surface area contributed by atoms with Gasteiger partial charge in [0, 0.05) is 23.1 Å². The third kappa shape index (κ3) is 4.91. The van der Waals surface area contributed by atoms with Gasteiger partial charge in [-0.1, -0.05) is 52.0 Å². The van der Waals surface area contributed by atoms with Gasteiger partial charge < -0.3 is 10.6 Å². The van der Waals surface area contributed by atoms with E-state index in [0.29, 0.717) is 24.3 Å². The van der Waals surface area contributed by atoms with Crippen molar-refractivity contribution in [3.63, 3.8) is 0 Å². The molecular weight excluding hydrogens is 358 g/mol. The predicted molar refractivity (Wildman–Crippen MR) is 121 cm³/mol. The Morgan fingerprint density at radius 3 is 2.14 bits per heavy atom. The summed E-state index contributed by atoms with van der Waals surface area (Å²) in [5.74, 6) is 2.28. The molecule has 0 bridgehead atoms. The molecule has 0 spiro atoms. The second-order valence-corrected chi connectivity index (χ2v) is 8.03. The highest BCUT2D eigenvalue weighted by molar-refractivity contribution is 5.69. The smallest absolute Gasteiger partial charge is 0.225 e. The van der Waals surface area contributed by atoms with E-state index in [0.717, 1.165) is 28.5 Å². The molecule has 152 valence electrons. The third-order valence-electron chi connectivity index (χ3n) is 5.16. The monoisotopic (exact) mass is 389 g/mol. The van der Waals surface area contributed by atoms with E-state index in [-0.39, 0.29) is 0 Å². The molecule has 5 nitrogen and oxygen atoms in total. The minimum absolute atomic E-state index is 0.418. The van der Waals surface area contributed by atoms with Crippen LogP contribution in [-0.4, -0.2) is 15.0 Å². The van der Waals surface area contributed by atoms with Gasteiger partial charge in [-0.15, -0.1) is 0 Å².